The smallest absolute Gasteiger partial charge is 0.243 e. The van der Waals surface area contributed by atoms with Gasteiger partial charge in [0.2, 0.25) is 15.9 Å². The zero-order chi connectivity index (χ0) is 20.4. The van der Waals surface area contributed by atoms with Gasteiger partial charge in [0.1, 0.15) is 0 Å². The summed E-state index contributed by atoms with van der Waals surface area (Å²) in [4.78, 5) is 15.0. The second-order valence-electron chi connectivity index (χ2n) is 7.59. The summed E-state index contributed by atoms with van der Waals surface area (Å²) in [5.74, 6) is -0.0286. The van der Waals surface area contributed by atoms with E-state index in [4.69, 9.17) is 4.74 Å². The van der Waals surface area contributed by atoms with Crippen molar-refractivity contribution < 1.29 is 17.9 Å². The van der Waals surface area contributed by atoms with Crippen LogP contribution in [0, 0.1) is 6.92 Å². The highest BCUT2D eigenvalue weighted by molar-refractivity contribution is 7.89. The van der Waals surface area contributed by atoms with Crippen molar-refractivity contribution in [2.75, 3.05) is 32.8 Å². The Hall–Kier alpha value is -2.22. The van der Waals surface area contributed by atoms with E-state index in [-0.39, 0.29) is 17.2 Å². The molecular weight excluding hydrogens is 388 g/mol. The first-order chi connectivity index (χ1) is 14.0. The van der Waals surface area contributed by atoms with Crippen LogP contribution < -0.4 is 0 Å². The van der Waals surface area contributed by atoms with Gasteiger partial charge in [-0.1, -0.05) is 42.0 Å². The Morgan fingerprint density at radius 1 is 1.03 bits per heavy atom. The summed E-state index contributed by atoms with van der Waals surface area (Å²) in [6.45, 7) is 4.46. The molecule has 2 aromatic carbocycles. The molecule has 2 aliphatic heterocycles. The number of hydrogen-bond donors (Lipinski definition) is 0. The van der Waals surface area contributed by atoms with Crippen LogP contribution in [0.1, 0.15) is 29.2 Å². The van der Waals surface area contributed by atoms with E-state index in [1.165, 1.54) is 4.31 Å². The predicted molar refractivity (Wildman–Crippen MR) is 110 cm³/mol. The minimum atomic E-state index is -3.71. The summed E-state index contributed by atoms with van der Waals surface area (Å²) in [6, 6.07) is 14.2. The third kappa shape index (κ3) is 4.08. The fourth-order valence-corrected chi connectivity index (χ4v) is 5.69. The number of rotatable bonds is 4. The Labute approximate surface area is 172 Å². The maximum Gasteiger partial charge on any atom is 0.243 e. The Kier molecular flexibility index (Phi) is 5.72. The SMILES string of the molecule is Cc1ccc(S(=O)(=O)N2CCc3ccccc3C2CC(=O)N2CCOCC2)cc1. The van der Waals surface area contributed by atoms with Crippen molar-refractivity contribution in [3.8, 4) is 0 Å². The van der Waals surface area contributed by atoms with Gasteiger partial charge < -0.3 is 9.64 Å². The van der Waals surface area contributed by atoms with Gasteiger partial charge in [-0.05, 0) is 36.6 Å². The quantitative estimate of drug-likeness (QED) is 0.771. The zero-order valence-corrected chi connectivity index (χ0v) is 17.4. The van der Waals surface area contributed by atoms with Crippen molar-refractivity contribution in [2.45, 2.75) is 30.7 Å². The molecule has 4 rings (SSSR count). The monoisotopic (exact) mass is 414 g/mol. The number of amides is 1. The number of benzene rings is 2. The molecule has 154 valence electrons. The molecule has 0 aliphatic carbocycles. The Morgan fingerprint density at radius 3 is 2.45 bits per heavy atom. The number of aryl methyl sites for hydroxylation is 1. The van der Waals surface area contributed by atoms with Gasteiger partial charge in [-0.2, -0.15) is 4.31 Å². The van der Waals surface area contributed by atoms with Crippen LogP contribution in [-0.4, -0.2) is 56.4 Å². The number of fused-ring (bicyclic) bond motifs is 1. The molecule has 1 fully saturated rings. The van der Waals surface area contributed by atoms with E-state index in [1.54, 1.807) is 29.2 Å². The number of hydrogen-bond acceptors (Lipinski definition) is 4. The van der Waals surface area contributed by atoms with E-state index >= 15 is 0 Å². The molecule has 6 nitrogen and oxygen atoms in total. The number of carbonyl (C=O) groups excluding carboxylic acids is 1. The number of carbonyl (C=O) groups is 1. The fourth-order valence-electron chi connectivity index (χ4n) is 4.08. The fraction of sp³-hybridized carbons (Fsp3) is 0.409. The molecule has 2 heterocycles. The molecule has 2 aliphatic rings. The van der Waals surface area contributed by atoms with Crippen LogP contribution in [0.4, 0.5) is 0 Å². The van der Waals surface area contributed by atoms with Gasteiger partial charge in [-0.25, -0.2) is 8.42 Å². The first-order valence-corrected chi connectivity index (χ1v) is 11.4. The predicted octanol–water partition coefficient (Wildman–Crippen LogP) is 2.53. The molecule has 29 heavy (non-hydrogen) atoms. The third-order valence-corrected chi connectivity index (χ3v) is 7.64. The van der Waals surface area contributed by atoms with Crippen molar-refractivity contribution in [3.05, 3.63) is 65.2 Å². The number of nitrogens with zero attached hydrogens (tertiary/aromatic N) is 2. The van der Waals surface area contributed by atoms with Gasteiger partial charge in [0.25, 0.3) is 0 Å². The highest BCUT2D eigenvalue weighted by Gasteiger charge is 2.38. The van der Waals surface area contributed by atoms with E-state index in [0.717, 1.165) is 16.7 Å². The van der Waals surface area contributed by atoms with Gasteiger partial charge in [0, 0.05) is 26.1 Å². The molecule has 1 saturated heterocycles. The number of ether oxygens (including phenoxy) is 1. The van der Waals surface area contributed by atoms with E-state index in [1.807, 2.05) is 31.2 Å². The molecule has 1 atom stereocenters. The van der Waals surface area contributed by atoms with Gasteiger partial charge in [0.05, 0.1) is 24.2 Å². The van der Waals surface area contributed by atoms with Crippen molar-refractivity contribution in [1.29, 1.82) is 0 Å². The van der Waals surface area contributed by atoms with Crippen LogP contribution in [0.15, 0.2) is 53.4 Å². The second kappa shape index (κ2) is 8.26. The van der Waals surface area contributed by atoms with Crippen LogP contribution in [0.3, 0.4) is 0 Å². The topological polar surface area (TPSA) is 66.9 Å². The normalized spacial score (nSPS) is 20.3. The van der Waals surface area contributed by atoms with E-state index < -0.39 is 16.1 Å². The Morgan fingerprint density at radius 2 is 1.72 bits per heavy atom. The lowest BCUT2D eigenvalue weighted by atomic mass is 9.92. The van der Waals surface area contributed by atoms with Gasteiger partial charge in [0.15, 0.2) is 0 Å². The maximum absolute atomic E-state index is 13.5. The van der Waals surface area contributed by atoms with Crippen molar-refractivity contribution in [2.24, 2.45) is 0 Å². The Bertz CT molecular complexity index is 982. The maximum atomic E-state index is 13.5. The van der Waals surface area contributed by atoms with Crippen LogP contribution in [0.25, 0.3) is 0 Å². The molecule has 0 bridgehead atoms. The molecular formula is C22H26N2O4S. The molecule has 2 aromatic rings. The van der Waals surface area contributed by atoms with Crippen molar-refractivity contribution in [3.63, 3.8) is 0 Å². The zero-order valence-electron chi connectivity index (χ0n) is 16.6. The van der Waals surface area contributed by atoms with Gasteiger partial charge in [-0.3, -0.25) is 4.79 Å². The highest BCUT2D eigenvalue weighted by atomic mass is 32.2. The lowest BCUT2D eigenvalue weighted by Crippen LogP contribution is -2.45. The number of morpholine rings is 1. The molecule has 1 unspecified atom stereocenters. The molecule has 0 N–H and O–H groups in total. The van der Waals surface area contributed by atoms with Crippen LogP contribution in [0.5, 0.6) is 0 Å². The summed E-state index contributed by atoms with van der Waals surface area (Å²) in [5.41, 5.74) is 3.05. The molecule has 0 spiro atoms. The molecule has 0 saturated carbocycles. The van der Waals surface area contributed by atoms with Crippen LogP contribution in [0.2, 0.25) is 0 Å². The molecule has 7 heteroatoms. The largest absolute Gasteiger partial charge is 0.378 e. The van der Waals surface area contributed by atoms with E-state index in [2.05, 4.69) is 0 Å². The van der Waals surface area contributed by atoms with Gasteiger partial charge in [-0.15, -0.1) is 0 Å². The molecule has 0 aromatic heterocycles. The molecule has 1 amide bonds. The Balaban J connectivity index is 1.68. The molecule has 0 radical (unpaired) electrons. The summed E-state index contributed by atoms with van der Waals surface area (Å²) < 4.78 is 33.8. The van der Waals surface area contributed by atoms with Crippen molar-refractivity contribution in [1.82, 2.24) is 9.21 Å². The summed E-state index contributed by atoms with van der Waals surface area (Å²) in [5, 5.41) is 0. The van der Waals surface area contributed by atoms with E-state index in [0.29, 0.717) is 39.3 Å². The van der Waals surface area contributed by atoms with Crippen LogP contribution in [-0.2, 0) is 26.0 Å². The second-order valence-corrected chi connectivity index (χ2v) is 9.48. The minimum Gasteiger partial charge on any atom is -0.378 e. The first kappa shape index (κ1) is 20.1. The standard InChI is InChI=1S/C22H26N2O4S/c1-17-6-8-19(9-7-17)29(26,27)24-11-10-18-4-2-3-5-20(18)21(24)16-22(25)23-12-14-28-15-13-23/h2-9,21H,10-16H2,1H3. The lowest BCUT2D eigenvalue weighted by molar-refractivity contribution is -0.136. The number of sulfonamides is 1. The van der Waals surface area contributed by atoms with Crippen LogP contribution >= 0.6 is 0 Å². The lowest BCUT2D eigenvalue weighted by Gasteiger charge is -2.37. The minimum absolute atomic E-state index is 0.0286. The average molecular weight is 415 g/mol. The summed E-state index contributed by atoms with van der Waals surface area (Å²) >= 11 is 0. The van der Waals surface area contributed by atoms with Crippen molar-refractivity contribution >= 4 is 15.9 Å². The highest BCUT2D eigenvalue weighted by Crippen LogP contribution is 2.36. The van der Waals surface area contributed by atoms with Gasteiger partial charge >= 0.3 is 0 Å². The summed E-state index contributed by atoms with van der Waals surface area (Å²) in [6.07, 6.45) is 0.783. The van der Waals surface area contributed by atoms with E-state index in [9.17, 15) is 13.2 Å². The first-order valence-electron chi connectivity index (χ1n) is 9.98. The average Bonchev–Trinajstić information content (AvgIpc) is 2.74. The third-order valence-electron chi connectivity index (χ3n) is 5.72. The summed E-state index contributed by atoms with van der Waals surface area (Å²) in [7, 11) is -3.71.